The molecular formula is C3H9NO2S2. The van der Waals surface area contributed by atoms with Gasteiger partial charge in [-0.15, -0.1) is 0 Å². The molecular weight excluding hydrogens is 146 g/mol. The van der Waals surface area contributed by atoms with Crippen LogP contribution in [0.15, 0.2) is 0 Å². The van der Waals surface area contributed by atoms with E-state index in [1.807, 2.05) is 4.13 Å². The quantitative estimate of drug-likeness (QED) is 0.558. The van der Waals surface area contributed by atoms with E-state index >= 15 is 0 Å². The van der Waals surface area contributed by atoms with Crippen molar-refractivity contribution in [3.05, 3.63) is 0 Å². The Morgan fingerprint density at radius 1 is 1.50 bits per heavy atom. The van der Waals surface area contributed by atoms with E-state index in [0.29, 0.717) is 0 Å². The van der Waals surface area contributed by atoms with Crippen molar-refractivity contribution in [2.75, 3.05) is 0 Å². The maximum atomic E-state index is 10.5. The lowest BCUT2D eigenvalue weighted by Crippen LogP contribution is -2.23. The summed E-state index contributed by atoms with van der Waals surface area (Å²) < 4.78 is 22.9. The minimum atomic E-state index is -3.12. The molecule has 0 aromatic rings. The lowest BCUT2D eigenvalue weighted by Gasteiger charge is -2.01. The highest BCUT2D eigenvalue weighted by molar-refractivity contribution is 8.00. The monoisotopic (exact) mass is 155 g/mol. The number of rotatable bonds is 2. The Kier molecular flexibility index (Phi) is 2.79. The first-order chi connectivity index (χ1) is 3.50. The molecule has 0 saturated heterocycles. The molecule has 0 unspecified atom stereocenters. The first-order valence-corrected chi connectivity index (χ1v) is 4.15. The van der Waals surface area contributed by atoms with Crippen LogP contribution in [0.3, 0.4) is 0 Å². The fourth-order valence-corrected chi connectivity index (χ4v) is 0.949. The normalized spacial score (nSPS) is 12.5. The Bertz CT molecular complexity index is 149. The highest BCUT2D eigenvalue weighted by Gasteiger charge is 2.11. The van der Waals surface area contributed by atoms with Crippen LogP contribution >= 0.6 is 12.8 Å². The second kappa shape index (κ2) is 2.70. The summed E-state index contributed by atoms with van der Waals surface area (Å²) in [6, 6.07) is 0. The summed E-state index contributed by atoms with van der Waals surface area (Å²) in [4.78, 5) is 0. The third kappa shape index (κ3) is 2.02. The van der Waals surface area contributed by atoms with E-state index < -0.39 is 15.3 Å². The zero-order valence-electron chi connectivity index (χ0n) is 4.75. The average Bonchev–Trinajstić information content (AvgIpc) is 1.67. The van der Waals surface area contributed by atoms with E-state index in [-0.39, 0.29) is 0 Å². The molecule has 0 bridgehead atoms. The molecule has 3 nitrogen and oxygen atoms in total. The fraction of sp³-hybridized carbons (Fsp3) is 1.00. The molecule has 0 aliphatic rings. The summed E-state index contributed by atoms with van der Waals surface area (Å²) in [6.07, 6.45) is 0. The summed E-state index contributed by atoms with van der Waals surface area (Å²) in [5.74, 6) is 0. The van der Waals surface area contributed by atoms with E-state index in [9.17, 15) is 8.42 Å². The summed E-state index contributed by atoms with van der Waals surface area (Å²) in [5.41, 5.74) is 0. The van der Waals surface area contributed by atoms with Gasteiger partial charge in [-0.3, -0.25) is 0 Å². The molecule has 0 radical (unpaired) electrons. The van der Waals surface area contributed by atoms with Crippen LogP contribution in [0.4, 0.5) is 0 Å². The van der Waals surface area contributed by atoms with Gasteiger partial charge in [0, 0.05) is 0 Å². The van der Waals surface area contributed by atoms with E-state index in [0.717, 1.165) is 0 Å². The van der Waals surface area contributed by atoms with Gasteiger partial charge >= 0.3 is 0 Å². The van der Waals surface area contributed by atoms with Crippen LogP contribution in [0.2, 0.25) is 0 Å². The Morgan fingerprint density at radius 3 is 1.88 bits per heavy atom. The molecule has 0 heterocycles. The molecule has 1 N–H and O–H groups in total. The minimum absolute atomic E-state index is 0.403. The molecule has 5 heteroatoms. The maximum Gasteiger partial charge on any atom is 0.222 e. The van der Waals surface area contributed by atoms with Crippen molar-refractivity contribution in [2.45, 2.75) is 19.1 Å². The summed E-state index contributed by atoms with van der Waals surface area (Å²) in [7, 11) is -3.12. The average molecular weight is 155 g/mol. The van der Waals surface area contributed by atoms with Gasteiger partial charge in [-0.25, -0.2) is 8.42 Å². The van der Waals surface area contributed by atoms with Gasteiger partial charge in [-0.05, 0) is 13.8 Å². The summed E-state index contributed by atoms with van der Waals surface area (Å²) >= 11 is 3.40. The predicted octanol–water partition coefficient (Wildman–Crippen LogP) is 0.159. The molecule has 0 aromatic heterocycles. The van der Waals surface area contributed by atoms with E-state index in [2.05, 4.69) is 12.8 Å². The van der Waals surface area contributed by atoms with Crippen LogP contribution in [0.25, 0.3) is 0 Å². The van der Waals surface area contributed by atoms with Gasteiger partial charge in [0.15, 0.2) is 0 Å². The van der Waals surface area contributed by atoms with Crippen LogP contribution in [0.5, 0.6) is 0 Å². The van der Waals surface area contributed by atoms with Crippen molar-refractivity contribution in [1.29, 1.82) is 0 Å². The second-order valence-corrected chi connectivity index (χ2v) is 4.45. The van der Waals surface area contributed by atoms with Crippen molar-refractivity contribution in [3.63, 3.8) is 0 Å². The standard InChI is InChI=1S/C3H9NO2S2/c1-3(2)8(5,6)4-7/h3-4,7H,1-2H3. The molecule has 0 fully saturated rings. The molecule has 0 aliphatic carbocycles. The topological polar surface area (TPSA) is 46.2 Å². The fourth-order valence-electron chi connectivity index (χ4n) is 0.105. The van der Waals surface area contributed by atoms with Gasteiger partial charge in [0.1, 0.15) is 0 Å². The highest BCUT2D eigenvalue weighted by Crippen LogP contribution is 1.94. The highest BCUT2D eigenvalue weighted by atomic mass is 32.3. The van der Waals surface area contributed by atoms with Crippen LogP contribution in [-0.4, -0.2) is 13.7 Å². The number of hydrogen-bond acceptors (Lipinski definition) is 3. The second-order valence-electron chi connectivity index (χ2n) is 1.69. The van der Waals surface area contributed by atoms with E-state index in [4.69, 9.17) is 0 Å². The van der Waals surface area contributed by atoms with Gasteiger partial charge in [0.2, 0.25) is 10.0 Å². The Balaban J connectivity index is 4.17. The number of sulfonamides is 1. The predicted molar refractivity (Wildman–Crippen MR) is 36.2 cm³/mol. The van der Waals surface area contributed by atoms with Gasteiger partial charge in [-0.2, -0.15) is 4.13 Å². The number of hydrogen-bond donors (Lipinski definition) is 2. The van der Waals surface area contributed by atoms with Crippen LogP contribution in [0, 0.1) is 0 Å². The summed E-state index contributed by atoms with van der Waals surface area (Å²) in [5, 5.41) is -0.403. The van der Waals surface area contributed by atoms with Crippen LogP contribution in [-0.2, 0) is 10.0 Å². The molecule has 0 atom stereocenters. The largest absolute Gasteiger partial charge is 0.222 e. The van der Waals surface area contributed by atoms with Gasteiger partial charge < -0.3 is 0 Å². The van der Waals surface area contributed by atoms with Crippen molar-refractivity contribution < 1.29 is 8.42 Å². The summed E-state index contributed by atoms with van der Waals surface area (Å²) in [6.45, 7) is 3.16. The van der Waals surface area contributed by atoms with Gasteiger partial charge in [0.25, 0.3) is 0 Å². The van der Waals surface area contributed by atoms with Crippen LogP contribution < -0.4 is 4.13 Å². The molecule has 0 spiro atoms. The van der Waals surface area contributed by atoms with Crippen molar-refractivity contribution in [1.82, 2.24) is 4.13 Å². The Morgan fingerprint density at radius 2 is 1.88 bits per heavy atom. The van der Waals surface area contributed by atoms with E-state index in [1.54, 1.807) is 13.8 Å². The SMILES string of the molecule is CC(C)S(=O)(=O)NS. The Hall–Kier alpha value is 0.260. The number of nitrogens with one attached hydrogen (secondary N) is 1. The first kappa shape index (κ1) is 8.26. The molecule has 0 rings (SSSR count). The van der Waals surface area contributed by atoms with Gasteiger partial charge in [-0.1, -0.05) is 12.8 Å². The van der Waals surface area contributed by atoms with Crippen molar-refractivity contribution >= 4 is 22.8 Å². The third-order valence-electron chi connectivity index (χ3n) is 0.748. The number of thiol groups is 1. The van der Waals surface area contributed by atoms with Crippen molar-refractivity contribution in [2.24, 2.45) is 0 Å². The molecule has 50 valence electrons. The lowest BCUT2D eigenvalue weighted by atomic mass is 10.6. The lowest BCUT2D eigenvalue weighted by molar-refractivity contribution is 0.586. The zero-order chi connectivity index (χ0) is 6.78. The minimum Gasteiger partial charge on any atom is -0.211 e. The van der Waals surface area contributed by atoms with E-state index in [1.165, 1.54) is 0 Å². The van der Waals surface area contributed by atoms with Crippen LogP contribution in [0.1, 0.15) is 13.8 Å². The smallest absolute Gasteiger partial charge is 0.211 e. The third-order valence-corrected chi connectivity index (χ3v) is 3.01. The zero-order valence-corrected chi connectivity index (χ0v) is 6.46. The maximum absolute atomic E-state index is 10.5. The molecule has 0 aliphatic heterocycles. The van der Waals surface area contributed by atoms with Crippen molar-refractivity contribution in [3.8, 4) is 0 Å². The molecule has 0 aromatic carbocycles. The molecule has 0 amide bonds. The Labute approximate surface area is 55.1 Å². The van der Waals surface area contributed by atoms with Gasteiger partial charge in [0.05, 0.1) is 5.25 Å². The molecule has 8 heavy (non-hydrogen) atoms. The first-order valence-electron chi connectivity index (χ1n) is 2.15. The molecule has 0 saturated carbocycles.